The van der Waals surface area contributed by atoms with E-state index in [9.17, 15) is 4.79 Å². The number of aromatic nitrogens is 2. The van der Waals surface area contributed by atoms with Gasteiger partial charge in [0.15, 0.2) is 0 Å². The monoisotopic (exact) mass is 268 g/mol. The lowest BCUT2D eigenvalue weighted by molar-refractivity contribution is -0.116. The highest BCUT2D eigenvalue weighted by Gasteiger charge is 2.16. The minimum Gasteiger partial charge on any atom is -0.316 e. The maximum absolute atomic E-state index is 11.8. The van der Waals surface area contributed by atoms with Crippen molar-refractivity contribution in [1.29, 1.82) is 0 Å². The Morgan fingerprint density at radius 1 is 1.56 bits per heavy atom. The lowest BCUT2D eigenvalue weighted by atomic mass is 10.0. The summed E-state index contributed by atoms with van der Waals surface area (Å²) in [6.07, 6.45) is 2.71. The standard InChI is InChI=1S/C12H20N4OS/c1-8(2)11-15-16-12(18-11)14-10(17)4-3-9-5-6-13-7-9/h8-9,13H,3-7H2,1-2H3,(H,14,16,17). The van der Waals surface area contributed by atoms with Crippen LogP contribution in [0.5, 0.6) is 0 Å². The lowest BCUT2D eigenvalue weighted by Crippen LogP contribution is -2.14. The average molecular weight is 268 g/mol. The van der Waals surface area contributed by atoms with Crippen molar-refractivity contribution in [2.75, 3.05) is 18.4 Å². The zero-order valence-corrected chi connectivity index (χ0v) is 11.7. The smallest absolute Gasteiger partial charge is 0.226 e. The fourth-order valence-corrected chi connectivity index (χ4v) is 2.76. The van der Waals surface area contributed by atoms with Crippen molar-refractivity contribution >= 4 is 22.4 Å². The highest BCUT2D eigenvalue weighted by molar-refractivity contribution is 7.15. The van der Waals surface area contributed by atoms with E-state index in [2.05, 4.69) is 34.7 Å². The third-order valence-electron chi connectivity index (χ3n) is 3.12. The molecule has 0 saturated carbocycles. The van der Waals surface area contributed by atoms with Gasteiger partial charge < -0.3 is 10.6 Å². The summed E-state index contributed by atoms with van der Waals surface area (Å²) in [6.45, 7) is 6.27. The van der Waals surface area contributed by atoms with Crippen LogP contribution < -0.4 is 10.6 Å². The highest BCUT2D eigenvalue weighted by Crippen LogP contribution is 2.22. The molecule has 6 heteroatoms. The molecule has 1 fully saturated rings. The maximum Gasteiger partial charge on any atom is 0.226 e. The Kier molecular flexibility index (Phi) is 4.66. The van der Waals surface area contributed by atoms with Crippen LogP contribution >= 0.6 is 11.3 Å². The summed E-state index contributed by atoms with van der Waals surface area (Å²) in [5.74, 6) is 1.06. The number of amides is 1. The lowest BCUT2D eigenvalue weighted by Gasteiger charge is -2.06. The van der Waals surface area contributed by atoms with Gasteiger partial charge in [-0.15, -0.1) is 10.2 Å². The first-order chi connectivity index (χ1) is 8.65. The summed E-state index contributed by atoms with van der Waals surface area (Å²) in [7, 11) is 0. The molecule has 0 aliphatic carbocycles. The number of nitrogens with one attached hydrogen (secondary N) is 2. The summed E-state index contributed by atoms with van der Waals surface area (Å²) in [6, 6.07) is 0. The van der Waals surface area contributed by atoms with Gasteiger partial charge in [0.05, 0.1) is 0 Å². The zero-order valence-electron chi connectivity index (χ0n) is 10.9. The largest absolute Gasteiger partial charge is 0.316 e. The van der Waals surface area contributed by atoms with Crippen molar-refractivity contribution in [2.24, 2.45) is 5.92 Å². The molecule has 0 bridgehead atoms. The number of nitrogens with zero attached hydrogens (tertiary/aromatic N) is 2. The van der Waals surface area contributed by atoms with Crippen LogP contribution in [0.15, 0.2) is 0 Å². The van der Waals surface area contributed by atoms with Crippen LogP contribution in [0.1, 0.15) is 44.0 Å². The molecule has 2 rings (SSSR count). The molecule has 1 atom stereocenters. The second-order valence-corrected chi connectivity index (χ2v) is 6.05. The van der Waals surface area contributed by atoms with Gasteiger partial charge in [0.25, 0.3) is 0 Å². The van der Waals surface area contributed by atoms with E-state index in [1.807, 2.05) is 0 Å². The second kappa shape index (κ2) is 6.24. The van der Waals surface area contributed by atoms with E-state index in [-0.39, 0.29) is 5.91 Å². The molecule has 1 aliphatic rings. The van der Waals surface area contributed by atoms with E-state index in [0.29, 0.717) is 23.4 Å². The van der Waals surface area contributed by atoms with Gasteiger partial charge in [0.2, 0.25) is 11.0 Å². The quantitative estimate of drug-likeness (QED) is 0.857. The Bertz CT molecular complexity index is 399. The number of anilines is 1. The molecule has 1 aromatic heterocycles. The normalized spacial score (nSPS) is 19.4. The Morgan fingerprint density at radius 3 is 3.00 bits per heavy atom. The molecule has 0 aromatic carbocycles. The van der Waals surface area contributed by atoms with E-state index in [1.54, 1.807) is 0 Å². The van der Waals surface area contributed by atoms with Gasteiger partial charge in [-0.2, -0.15) is 0 Å². The first-order valence-corrected chi connectivity index (χ1v) is 7.30. The van der Waals surface area contributed by atoms with Crippen LogP contribution in [0.2, 0.25) is 0 Å². The molecule has 100 valence electrons. The Morgan fingerprint density at radius 2 is 2.39 bits per heavy atom. The molecule has 1 saturated heterocycles. The van der Waals surface area contributed by atoms with Crippen LogP contribution in [0.3, 0.4) is 0 Å². The topological polar surface area (TPSA) is 66.9 Å². The summed E-state index contributed by atoms with van der Waals surface area (Å²) >= 11 is 1.46. The fourth-order valence-electron chi connectivity index (χ4n) is 2.00. The van der Waals surface area contributed by atoms with E-state index >= 15 is 0 Å². The number of hydrogen-bond acceptors (Lipinski definition) is 5. The van der Waals surface area contributed by atoms with Gasteiger partial charge in [0, 0.05) is 12.3 Å². The third-order valence-corrected chi connectivity index (χ3v) is 4.26. The van der Waals surface area contributed by atoms with Crippen LogP contribution in [0.4, 0.5) is 5.13 Å². The van der Waals surface area contributed by atoms with E-state index in [4.69, 9.17) is 0 Å². The van der Waals surface area contributed by atoms with Crippen molar-refractivity contribution in [3.8, 4) is 0 Å². The Balaban J connectivity index is 1.75. The molecular formula is C12H20N4OS. The van der Waals surface area contributed by atoms with Crippen molar-refractivity contribution in [3.63, 3.8) is 0 Å². The molecule has 5 nitrogen and oxygen atoms in total. The van der Waals surface area contributed by atoms with Gasteiger partial charge in [-0.1, -0.05) is 25.2 Å². The van der Waals surface area contributed by atoms with Crippen molar-refractivity contribution < 1.29 is 4.79 Å². The predicted molar refractivity (Wildman–Crippen MR) is 72.8 cm³/mol. The molecule has 1 aliphatic heterocycles. The van der Waals surface area contributed by atoms with Gasteiger partial charge >= 0.3 is 0 Å². The zero-order chi connectivity index (χ0) is 13.0. The van der Waals surface area contributed by atoms with Gasteiger partial charge in [-0.25, -0.2) is 0 Å². The molecule has 0 spiro atoms. The molecule has 18 heavy (non-hydrogen) atoms. The van der Waals surface area contributed by atoms with Crippen molar-refractivity contribution in [3.05, 3.63) is 5.01 Å². The van der Waals surface area contributed by atoms with Crippen LogP contribution in [0.25, 0.3) is 0 Å². The van der Waals surface area contributed by atoms with Gasteiger partial charge in [-0.3, -0.25) is 4.79 Å². The minimum atomic E-state index is 0.0494. The SMILES string of the molecule is CC(C)c1nnc(NC(=O)CCC2CCNC2)s1. The van der Waals surface area contributed by atoms with Crippen molar-refractivity contribution in [1.82, 2.24) is 15.5 Å². The molecule has 2 N–H and O–H groups in total. The van der Waals surface area contributed by atoms with Crippen LogP contribution in [0, 0.1) is 5.92 Å². The molecule has 0 radical (unpaired) electrons. The maximum atomic E-state index is 11.8. The van der Waals surface area contributed by atoms with Gasteiger partial charge in [-0.05, 0) is 31.8 Å². The van der Waals surface area contributed by atoms with Crippen LogP contribution in [-0.2, 0) is 4.79 Å². The average Bonchev–Trinajstić information content (AvgIpc) is 2.96. The summed E-state index contributed by atoms with van der Waals surface area (Å²) < 4.78 is 0. The number of rotatable bonds is 5. The van der Waals surface area contributed by atoms with Crippen molar-refractivity contribution in [2.45, 2.75) is 39.0 Å². The summed E-state index contributed by atoms with van der Waals surface area (Å²) in [5.41, 5.74) is 0. The third kappa shape index (κ3) is 3.74. The first kappa shape index (κ1) is 13.4. The minimum absolute atomic E-state index is 0.0494. The Hall–Kier alpha value is -1.01. The molecule has 1 amide bonds. The number of hydrogen-bond donors (Lipinski definition) is 2. The van der Waals surface area contributed by atoms with Gasteiger partial charge in [0.1, 0.15) is 5.01 Å². The predicted octanol–water partition coefficient (Wildman–Crippen LogP) is 1.99. The van der Waals surface area contributed by atoms with E-state index < -0.39 is 0 Å². The molecule has 2 heterocycles. The summed E-state index contributed by atoms with van der Waals surface area (Å²) in [5, 5.41) is 15.7. The van der Waals surface area contributed by atoms with Crippen LogP contribution in [-0.4, -0.2) is 29.2 Å². The highest BCUT2D eigenvalue weighted by atomic mass is 32.1. The van der Waals surface area contributed by atoms with E-state index in [0.717, 1.165) is 24.5 Å². The summed E-state index contributed by atoms with van der Waals surface area (Å²) in [4.78, 5) is 11.8. The fraction of sp³-hybridized carbons (Fsp3) is 0.750. The molecule has 1 aromatic rings. The first-order valence-electron chi connectivity index (χ1n) is 6.49. The Labute approximate surface area is 111 Å². The number of carbonyl (C=O) groups is 1. The number of carbonyl (C=O) groups excluding carboxylic acids is 1. The molecule has 1 unspecified atom stereocenters. The second-order valence-electron chi connectivity index (χ2n) is 5.05. The molecular weight excluding hydrogens is 248 g/mol. The van der Waals surface area contributed by atoms with E-state index in [1.165, 1.54) is 17.8 Å².